The molecule has 0 bridgehead atoms. The van der Waals surface area contributed by atoms with Crippen LogP contribution in [0.1, 0.15) is 0 Å². The van der Waals surface area contributed by atoms with Gasteiger partial charge in [-0.15, -0.1) is 0 Å². The topological polar surface area (TPSA) is 246 Å². The molecule has 0 heterocycles. The molecule has 0 aromatic carbocycles. The largest absolute Gasteiger partial charge is 3.00 e. The maximum atomic E-state index is 8.25. The predicted molar refractivity (Wildman–Crippen MR) is 39.2 cm³/mol. The quantitative estimate of drug-likeness (QED) is 0.247. The van der Waals surface area contributed by atoms with Crippen LogP contribution in [0, 0.1) is 15.3 Å². The Morgan fingerprint density at radius 3 is 0.692 bits per heavy atom. The van der Waals surface area contributed by atoms with E-state index in [4.69, 9.17) is 15.3 Å². The molecule has 0 saturated heterocycles. The zero-order chi connectivity index (χ0) is 3.58. The molecule has 6 N–H and O–H groups in total. The van der Waals surface area contributed by atoms with Crippen LogP contribution < -0.4 is 0 Å². The summed E-state index contributed by atoms with van der Waals surface area (Å²) in [5.74, 6) is 0. The second kappa shape index (κ2) is 116. The first kappa shape index (κ1) is 147. The second-order valence-corrected chi connectivity index (χ2v) is 0.224. The number of nitrogens with zero attached hydrogens (tertiary/aromatic N) is 1. The van der Waals surface area contributed by atoms with Gasteiger partial charge in [0.1, 0.15) is 0 Å². The summed E-state index contributed by atoms with van der Waals surface area (Å²) >= 11 is 0. The SMILES string of the molecule is O=[N+]([O-])[O-].[Al+3].[Mg+2].[Mg+2].[OH-].[OH-].[OH-].[OH-].[OH-].[OH-]. The Morgan fingerprint density at radius 1 is 0.692 bits per heavy atom. The van der Waals surface area contributed by atoms with Crippen LogP contribution in [0.5, 0.6) is 0 Å². The number of hydrogen-bond donors (Lipinski definition) is 0. The first-order chi connectivity index (χ1) is 1.73. The first-order valence-electron chi connectivity index (χ1n) is 0.548. The van der Waals surface area contributed by atoms with Crippen molar-refractivity contribution in [2.24, 2.45) is 0 Å². The molecule has 0 aromatic rings. The van der Waals surface area contributed by atoms with Gasteiger partial charge in [0.25, 0.3) is 0 Å². The molecule has 0 saturated carbocycles. The molecule has 0 atom stereocenters. The minimum absolute atomic E-state index is 0. The Balaban J connectivity index is -0.00000000125. The van der Waals surface area contributed by atoms with Crippen molar-refractivity contribution in [2.45, 2.75) is 0 Å². The summed E-state index contributed by atoms with van der Waals surface area (Å²) in [5.41, 5.74) is 0. The second-order valence-electron chi connectivity index (χ2n) is 0.224. The molecule has 0 aliphatic heterocycles. The summed E-state index contributed by atoms with van der Waals surface area (Å²) in [6.07, 6.45) is 0. The normalized spacial score (nSPS) is 1.85. The van der Waals surface area contributed by atoms with E-state index in [1.54, 1.807) is 0 Å². The molecule has 0 aromatic heterocycles. The molecule has 13 heavy (non-hydrogen) atoms. The monoisotopic (exact) mass is 239 g/mol. The van der Waals surface area contributed by atoms with Crippen molar-refractivity contribution in [3.63, 3.8) is 0 Å². The third-order valence-corrected chi connectivity index (χ3v) is 0. The van der Waals surface area contributed by atoms with Crippen LogP contribution in [0.2, 0.25) is 0 Å². The van der Waals surface area contributed by atoms with Crippen molar-refractivity contribution < 1.29 is 37.9 Å². The van der Waals surface area contributed by atoms with Gasteiger partial charge in [-0.2, -0.15) is 0 Å². The molecule has 0 unspecified atom stereocenters. The summed E-state index contributed by atoms with van der Waals surface area (Å²) in [6, 6.07) is 0. The van der Waals surface area contributed by atoms with Gasteiger partial charge >= 0.3 is 63.5 Å². The van der Waals surface area contributed by atoms with E-state index < -0.39 is 5.09 Å². The van der Waals surface area contributed by atoms with E-state index in [1.807, 2.05) is 0 Å². The maximum Gasteiger partial charge on any atom is 3.00 e. The zero-order valence-corrected chi connectivity index (χ0v) is 10.3. The van der Waals surface area contributed by atoms with E-state index in [1.165, 1.54) is 0 Å². The van der Waals surface area contributed by atoms with Gasteiger partial charge in [0.15, 0.2) is 0 Å². The Hall–Kier alpha value is 1.02. The smallest absolute Gasteiger partial charge is 0.870 e. The van der Waals surface area contributed by atoms with Crippen LogP contribution in [-0.4, -0.2) is 101 Å². The Kier molecular flexibility index (Phi) is 1310. The molecule has 0 aliphatic rings. The molecule has 0 amide bonds. The maximum absolute atomic E-state index is 8.25. The minimum Gasteiger partial charge on any atom is -0.870 e. The van der Waals surface area contributed by atoms with E-state index in [9.17, 15) is 0 Å². The van der Waals surface area contributed by atoms with E-state index in [0.29, 0.717) is 0 Å². The van der Waals surface area contributed by atoms with Crippen LogP contribution in [0.25, 0.3) is 0 Å². The molecule has 10 nitrogen and oxygen atoms in total. The Labute approximate surface area is 116 Å². The standard InChI is InChI=1S/Al.2Mg.NO3.6H2O/c;;;2-1(3)4;;;;;;/h;;;;6*1H2/q+3;2*+2;-1;;;;;;/p-6. The predicted octanol–water partition coefficient (Wildman–Crippen LogP) is -2.44. The van der Waals surface area contributed by atoms with Gasteiger partial charge in [-0.05, 0) is 0 Å². The minimum atomic E-state index is -1.75. The molecular formula is H6AlMg2NO9. The summed E-state index contributed by atoms with van der Waals surface area (Å²) in [5, 5.41) is 14.8. The first-order valence-corrected chi connectivity index (χ1v) is 0.548. The fraction of sp³-hybridized carbons (Fsp3) is 0. The molecule has 0 fully saturated rings. The Bertz CT molecular complexity index is 40.6. The fourth-order valence-corrected chi connectivity index (χ4v) is 0. The molecule has 0 aliphatic carbocycles. The van der Waals surface area contributed by atoms with E-state index in [2.05, 4.69) is 0 Å². The zero-order valence-electron chi connectivity index (χ0n) is 6.35. The van der Waals surface area contributed by atoms with E-state index >= 15 is 0 Å². The average Bonchev–Trinajstić information content (AvgIpc) is 0.811. The van der Waals surface area contributed by atoms with Crippen molar-refractivity contribution in [3.8, 4) is 0 Å². The molecule has 0 rings (SSSR count). The number of hydrogen-bond acceptors (Lipinski definition) is 9. The average molecular weight is 240 g/mol. The fourth-order valence-electron chi connectivity index (χ4n) is 0. The van der Waals surface area contributed by atoms with Gasteiger partial charge in [-0.25, -0.2) is 0 Å². The van der Waals surface area contributed by atoms with Crippen LogP contribution >= 0.6 is 0 Å². The van der Waals surface area contributed by atoms with Gasteiger partial charge in [0.05, 0.1) is 5.09 Å². The van der Waals surface area contributed by atoms with Crippen LogP contribution in [-0.2, 0) is 0 Å². The van der Waals surface area contributed by atoms with Crippen molar-refractivity contribution in [2.75, 3.05) is 0 Å². The van der Waals surface area contributed by atoms with Crippen LogP contribution in [0.15, 0.2) is 0 Å². The van der Waals surface area contributed by atoms with Gasteiger partial charge in [0, 0.05) is 0 Å². The molecule has 0 spiro atoms. The van der Waals surface area contributed by atoms with Gasteiger partial charge in [-0.3, -0.25) is 0 Å². The summed E-state index contributed by atoms with van der Waals surface area (Å²) in [6.45, 7) is 0. The van der Waals surface area contributed by atoms with E-state index in [-0.39, 0.29) is 96.3 Å². The van der Waals surface area contributed by atoms with Crippen molar-refractivity contribution in [1.82, 2.24) is 0 Å². The molecular weight excluding hydrogens is 234 g/mol. The summed E-state index contributed by atoms with van der Waals surface area (Å²) in [7, 11) is 0. The van der Waals surface area contributed by atoms with Crippen molar-refractivity contribution >= 4 is 63.5 Å². The third kappa shape index (κ3) is 1510. The Morgan fingerprint density at radius 2 is 0.692 bits per heavy atom. The third-order valence-electron chi connectivity index (χ3n) is 0. The van der Waals surface area contributed by atoms with Gasteiger partial charge in [0.2, 0.25) is 0 Å². The van der Waals surface area contributed by atoms with Crippen LogP contribution in [0.4, 0.5) is 0 Å². The van der Waals surface area contributed by atoms with Crippen molar-refractivity contribution in [1.29, 1.82) is 0 Å². The van der Waals surface area contributed by atoms with Gasteiger partial charge in [-0.1, -0.05) is 0 Å². The number of rotatable bonds is 0. The molecule has 0 radical (unpaired) electrons. The molecule has 13 heteroatoms. The summed E-state index contributed by atoms with van der Waals surface area (Å²) < 4.78 is 0. The van der Waals surface area contributed by atoms with Crippen molar-refractivity contribution in [3.05, 3.63) is 15.3 Å². The van der Waals surface area contributed by atoms with Gasteiger partial charge < -0.3 is 48.2 Å². The summed E-state index contributed by atoms with van der Waals surface area (Å²) in [4.78, 5) is 8.25. The van der Waals surface area contributed by atoms with Crippen LogP contribution in [0.3, 0.4) is 0 Å². The van der Waals surface area contributed by atoms with E-state index in [0.717, 1.165) is 0 Å². The molecule has 72 valence electrons.